The number of nitrogens with zero attached hydrogens (tertiary/aromatic N) is 1. The Kier molecular flexibility index (Phi) is 4.05. The summed E-state index contributed by atoms with van der Waals surface area (Å²) >= 11 is 0. The fraction of sp³-hybridized carbons (Fsp3) is 0.900. The Balaban J connectivity index is 2.65. The van der Waals surface area contributed by atoms with E-state index in [4.69, 9.17) is 0 Å². The van der Waals surface area contributed by atoms with E-state index in [0.29, 0.717) is 0 Å². The van der Waals surface area contributed by atoms with Gasteiger partial charge in [-0.1, -0.05) is 19.3 Å². The van der Waals surface area contributed by atoms with Crippen LogP contribution in [0.25, 0.3) is 0 Å². The number of ether oxygens (including phenoxy) is 1. The fourth-order valence-electron chi connectivity index (χ4n) is 2.34. The van der Waals surface area contributed by atoms with Crippen LogP contribution in [0.2, 0.25) is 0 Å². The molecule has 0 radical (unpaired) electrons. The molecule has 0 aromatic carbocycles. The normalized spacial score (nSPS) is 19.5. The number of hydrogen-bond donors (Lipinski definition) is 0. The predicted molar refractivity (Wildman–Crippen MR) is 54.0 cm³/mol. The zero-order valence-corrected chi connectivity index (χ0v) is 9.03. The van der Waals surface area contributed by atoms with Crippen molar-refractivity contribution in [2.45, 2.75) is 38.5 Å². The van der Waals surface area contributed by atoms with Crippen molar-refractivity contribution in [2.24, 2.45) is 5.41 Å². The molecule has 0 heterocycles. The average Bonchev–Trinajstić information content (AvgIpc) is 2.17. The zero-order valence-electron chi connectivity index (χ0n) is 9.03. The molecule has 1 aliphatic rings. The minimum absolute atomic E-state index is 0.109. The van der Waals surface area contributed by atoms with Gasteiger partial charge in [-0.2, -0.15) is 0 Å². The summed E-state index contributed by atoms with van der Waals surface area (Å²) in [6.07, 6.45) is 4.78. The van der Waals surface area contributed by atoms with Gasteiger partial charge in [0.15, 0.2) is 0 Å². The highest BCUT2D eigenvalue weighted by molar-refractivity contribution is 5.70. The van der Waals surface area contributed by atoms with Gasteiger partial charge >= 0.3 is 5.97 Å². The van der Waals surface area contributed by atoms with Crippen LogP contribution < -0.4 is 0 Å². The van der Waals surface area contributed by atoms with Crippen LogP contribution in [0.5, 0.6) is 0 Å². The van der Waals surface area contributed by atoms with Crippen molar-refractivity contribution in [1.29, 1.82) is 0 Å². The van der Waals surface area contributed by atoms with Gasteiger partial charge in [0, 0.05) is 10.3 Å². The van der Waals surface area contributed by atoms with E-state index in [9.17, 15) is 14.9 Å². The van der Waals surface area contributed by atoms with Crippen LogP contribution >= 0.6 is 0 Å². The summed E-state index contributed by atoms with van der Waals surface area (Å²) in [7, 11) is 1.32. The Morgan fingerprint density at radius 1 is 1.40 bits per heavy atom. The van der Waals surface area contributed by atoms with Crippen molar-refractivity contribution >= 4 is 5.97 Å². The molecule has 1 saturated carbocycles. The van der Waals surface area contributed by atoms with Crippen LogP contribution in [0.3, 0.4) is 0 Å². The van der Waals surface area contributed by atoms with Crippen LogP contribution in [0.4, 0.5) is 0 Å². The van der Waals surface area contributed by atoms with E-state index < -0.39 is 5.41 Å². The molecule has 15 heavy (non-hydrogen) atoms. The lowest BCUT2D eigenvalue weighted by Crippen LogP contribution is -2.34. The summed E-state index contributed by atoms with van der Waals surface area (Å²) in [5.74, 6) is -0.334. The molecule has 0 atom stereocenters. The van der Waals surface area contributed by atoms with Crippen molar-refractivity contribution in [3.8, 4) is 0 Å². The van der Waals surface area contributed by atoms with Gasteiger partial charge in [-0.15, -0.1) is 0 Å². The highest BCUT2D eigenvalue weighted by Gasteiger charge is 2.39. The Morgan fingerprint density at radius 3 is 2.47 bits per heavy atom. The minimum Gasteiger partial charge on any atom is -0.469 e. The molecule has 1 aliphatic carbocycles. The molecule has 0 saturated heterocycles. The highest BCUT2D eigenvalue weighted by atomic mass is 16.6. The van der Waals surface area contributed by atoms with E-state index in [0.717, 1.165) is 32.1 Å². The summed E-state index contributed by atoms with van der Waals surface area (Å²) in [4.78, 5) is 21.5. The lowest BCUT2D eigenvalue weighted by molar-refractivity contribution is -0.498. The molecule has 0 N–H and O–H groups in total. The Bertz CT molecular complexity index is 246. The van der Waals surface area contributed by atoms with E-state index in [1.165, 1.54) is 7.11 Å². The predicted octanol–water partition coefficient (Wildman–Crippen LogP) is 1.78. The number of esters is 1. The van der Waals surface area contributed by atoms with Crippen molar-refractivity contribution in [3.05, 3.63) is 10.1 Å². The molecular formula is C10H17NO4. The van der Waals surface area contributed by atoms with Crippen LogP contribution in [-0.2, 0) is 9.53 Å². The van der Waals surface area contributed by atoms with Gasteiger partial charge in [0.05, 0.1) is 13.5 Å². The summed E-state index contributed by atoms with van der Waals surface area (Å²) < 4.78 is 4.60. The zero-order chi connectivity index (χ0) is 11.3. The van der Waals surface area contributed by atoms with E-state index in [1.807, 2.05) is 0 Å². The first-order valence-corrected chi connectivity index (χ1v) is 5.27. The largest absolute Gasteiger partial charge is 0.469 e. The molecule has 0 aromatic heterocycles. The van der Waals surface area contributed by atoms with E-state index in [-0.39, 0.29) is 23.9 Å². The lowest BCUT2D eigenvalue weighted by Gasteiger charge is -2.32. The molecule has 0 aromatic rings. The molecule has 5 nitrogen and oxygen atoms in total. The average molecular weight is 215 g/mol. The highest BCUT2D eigenvalue weighted by Crippen LogP contribution is 2.39. The quantitative estimate of drug-likeness (QED) is 0.407. The van der Waals surface area contributed by atoms with Gasteiger partial charge in [-0.25, -0.2) is 0 Å². The molecule has 5 heteroatoms. The molecule has 86 valence electrons. The SMILES string of the molecule is COC(=O)CC1(C[N+](=O)[O-])CCCCC1. The fourth-order valence-corrected chi connectivity index (χ4v) is 2.34. The van der Waals surface area contributed by atoms with Crippen molar-refractivity contribution in [3.63, 3.8) is 0 Å². The molecule has 0 aliphatic heterocycles. The Hall–Kier alpha value is -1.13. The standard InChI is InChI=1S/C10H17NO4/c1-15-9(12)7-10(8-11(13)14)5-3-2-4-6-10/h2-8H2,1H3. The minimum atomic E-state index is -0.450. The molecule has 1 fully saturated rings. The summed E-state index contributed by atoms with van der Waals surface area (Å²) in [6.45, 7) is -0.109. The molecule has 0 unspecified atom stereocenters. The number of hydrogen-bond acceptors (Lipinski definition) is 4. The summed E-state index contributed by atoms with van der Waals surface area (Å²) in [5, 5.41) is 10.6. The van der Waals surface area contributed by atoms with Gasteiger partial charge < -0.3 is 4.74 Å². The van der Waals surface area contributed by atoms with Crippen LogP contribution in [0.15, 0.2) is 0 Å². The van der Waals surface area contributed by atoms with E-state index in [2.05, 4.69) is 4.74 Å². The van der Waals surface area contributed by atoms with Crippen LogP contribution in [0, 0.1) is 15.5 Å². The van der Waals surface area contributed by atoms with Gasteiger partial charge in [0.25, 0.3) is 0 Å². The lowest BCUT2D eigenvalue weighted by atomic mass is 9.72. The maximum atomic E-state index is 11.2. The molecule has 1 rings (SSSR count). The first-order chi connectivity index (χ1) is 7.08. The topological polar surface area (TPSA) is 69.4 Å². The number of nitro groups is 1. The van der Waals surface area contributed by atoms with E-state index >= 15 is 0 Å². The van der Waals surface area contributed by atoms with Crippen LogP contribution in [0.1, 0.15) is 38.5 Å². The van der Waals surface area contributed by atoms with Crippen LogP contribution in [-0.4, -0.2) is 24.5 Å². The first kappa shape index (κ1) is 11.9. The van der Waals surface area contributed by atoms with E-state index in [1.54, 1.807) is 0 Å². The van der Waals surface area contributed by atoms with Gasteiger partial charge in [0.1, 0.15) is 0 Å². The first-order valence-electron chi connectivity index (χ1n) is 5.27. The maximum Gasteiger partial charge on any atom is 0.306 e. The Labute approximate surface area is 88.9 Å². The second-order valence-corrected chi connectivity index (χ2v) is 4.30. The van der Waals surface area contributed by atoms with Gasteiger partial charge in [0.2, 0.25) is 6.54 Å². The second kappa shape index (κ2) is 5.09. The number of methoxy groups -OCH3 is 1. The Morgan fingerprint density at radius 2 is 2.00 bits per heavy atom. The maximum absolute atomic E-state index is 11.2. The molecule has 0 amide bonds. The van der Waals surface area contributed by atoms with Crippen molar-refractivity contribution in [2.75, 3.05) is 13.7 Å². The van der Waals surface area contributed by atoms with Crippen molar-refractivity contribution < 1.29 is 14.5 Å². The smallest absolute Gasteiger partial charge is 0.306 e. The monoisotopic (exact) mass is 215 g/mol. The third-order valence-electron chi connectivity index (χ3n) is 3.13. The van der Waals surface area contributed by atoms with Crippen molar-refractivity contribution in [1.82, 2.24) is 0 Å². The number of carbonyl (C=O) groups is 1. The number of rotatable bonds is 4. The molecular weight excluding hydrogens is 198 g/mol. The third-order valence-corrected chi connectivity index (χ3v) is 3.13. The number of carbonyl (C=O) groups excluding carboxylic acids is 1. The van der Waals surface area contributed by atoms with Gasteiger partial charge in [-0.3, -0.25) is 14.9 Å². The third kappa shape index (κ3) is 3.49. The molecule has 0 spiro atoms. The summed E-state index contributed by atoms with van der Waals surface area (Å²) in [6, 6.07) is 0. The molecule has 0 bridgehead atoms. The van der Waals surface area contributed by atoms with Gasteiger partial charge in [-0.05, 0) is 12.8 Å². The second-order valence-electron chi connectivity index (χ2n) is 4.30. The summed E-state index contributed by atoms with van der Waals surface area (Å²) in [5.41, 5.74) is -0.450.